The lowest BCUT2D eigenvalue weighted by Crippen LogP contribution is -2.60. The first-order chi connectivity index (χ1) is 14.3. The van der Waals surface area contributed by atoms with Crippen molar-refractivity contribution in [1.29, 1.82) is 0 Å². The van der Waals surface area contributed by atoms with E-state index in [4.69, 9.17) is 16.0 Å². The number of alkyl carbamates (subject to hydrolysis) is 1. The highest BCUT2D eigenvalue weighted by atomic mass is 16.6. The van der Waals surface area contributed by atoms with Gasteiger partial charge in [0.25, 0.3) is 0 Å². The quantitative estimate of drug-likeness (QED) is 0.667. The number of carbonyl (C=O) groups excluding carboxylic acids is 1. The Morgan fingerprint density at radius 2 is 1.67 bits per heavy atom. The average molecular weight is 416 g/mol. The van der Waals surface area contributed by atoms with Crippen LogP contribution >= 0.6 is 0 Å². The van der Waals surface area contributed by atoms with Crippen LogP contribution in [0.25, 0.3) is 4.85 Å². The van der Waals surface area contributed by atoms with Crippen LogP contribution in [-0.2, 0) is 9.47 Å². The molecule has 3 rings (SSSR count). The van der Waals surface area contributed by atoms with Gasteiger partial charge in [-0.2, -0.15) is 0 Å². The molecule has 0 radical (unpaired) electrons. The van der Waals surface area contributed by atoms with E-state index < -0.39 is 5.60 Å². The molecule has 1 aromatic carbocycles. The van der Waals surface area contributed by atoms with Gasteiger partial charge in [-0.05, 0) is 32.9 Å². The van der Waals surface area contributed by atoms with Crippen molar-refractivity contribution >= 4 is 17.5 Å². The summed E-state index contributed by atoms with van der Waals surface area (Å²) >= 11 is 0. The van der Waals surface area contributed by atoms with Gasteiger partial charge in [-0.3, -0.25) is 9.80 Å². The van der Waals surface area contributed by atoms with Crippen LogP contribution in [0.1, 0.15) is 20.8 Å². The Hall–Kier alpha value is -2.34. The Kier molecular flexibility index (Phi) is 7.53. The molecule has 2 heterocycles. The second-order valence-corrected chi connectivity index (χ2v) is 8.91. The maximum atomic E-state index is 11.8. The number of carbonyl (C=O) groups is 1. The van der Waals surface area contributed by atoms with Gasteiger partial charge in [0.2, 0.25) is 0 Å². The van der Waals surface area contributed by atoms with Crippen molar-refractivity contribution in [3.8, 4) is 0 Å². The maximum Gasteiger partial charge on any atom is 0.407 e. The van der Waals surface area contributed by atoms with Gasteiger partial charge in [0, 0.05) is 58.0 Å². The number of hydrogen-bond donors (Lipinski definition) is 2. The zero-order valence-electron chi connectivity index (χ0n) is 18.2. The minimum absolute atomic E-state index is 0.206. The first-order valence-electron chi connectivity index (χ1n) is 10.6. The summed E-state index contributed by atoms with van der Waals surface area (Å²) in [5.74, 6) is 0. The van der Waals surface area contributed by atoms with Gasteiger partial charge < -0.3 is 20.1 Å². The molecule has 0 aromatic heterocycles. The Bertz CT molecular complexity index is 727. The van der Waals surface area contributed by atoms with Gasteiger partial charge in [-0.25, -0.2) is 9.64 Å². The van der Waals surface area contributed by atoms with Gasteiger partial charge in [0.15, 0.2) is 5.69 Å². The van der Waals surface area contributed by atoms with Crippen molar-refractivity contribution in [2.45, 2.75) is 38.6 Å². The van der Waals surface area contributed by atoms with Crippen LogP contribution in [0.2, 0.25) is 0 Å². The van der Waals surface area contributed by atoms with Gasteiger partial charge in [-0.15, -0.1) is 0 Å². The molecule has 0 aliphatic carbocycles. The summed E-state index contributed by atoms with van der Waals surface area (Å²) in [7, 11) is 0. The van der Waals surface area contributed by atoms with E-state index >= 15 is 0 Å². The van der Waals surface area contributed by atoms with Crippen molar-refractivity contribution in [1.82, 2.24) is 15.1 Å². The van der Waals surface area contributed by atoms with E-state index in [0.717, 1.165) is 51.5 Å². The summed E-state index contributed by atoms with van der Waals surface area (Å²) in [4.78, 5) is 20.0. The van der Waals surface area contributed by atoms with E-state index in [9.17, 15) is 4.79 Å². The van der Waals surface area contributed by atoms with Crippen molar-refractivity contribution in [3.63, 3.8) is 0 Å². The highest BCUT2D eigenvalue weighted by molar-refractivity contribution is 5.67. The minimum Gasteiger partial charge on any atom is -0.444 e. The van der Waals surface area contributed by atoms with Gasteiger partial charge in [0.05, 0.1) is 18.8 Å². The number of benzene rings is 1. The summed E-state index contributed by atoms with van der Waals surface area (Å²) in [6.07, 6.45) is 0.0484. The molecule has 2 aliphatic rings. The van der Waals surface area contributed by atoms with E-state index in [1.165, 1.54) is 0 Å². The summed E-state index contributed by atoms with van der Waals surface area (Å²) in [5.41, 5.74) is 1.23. The third kappa shape index (κ3) is 7.17. The third-order valence-corrected chi connectivity index (χ3v) is 5.08. The van der Waals surface area contributed by atoms with Crippen molar-refractivity contribution in [2.75, 3.05) is 57.7 Å². The second-order valence-electron chi connectivity index (χ2n) is 8.91. The van der Waals surface area contributed by atoms with E-state index in [-0.39, 0.29) is 18.3 Å². The average Bonchev–Trinajstić information content (AvgIpc) is 2.66. The molecule has 1 aromatic rings. The Balaban J connectivity index is 1.34. The molecule has 164 valence electrons. The molecule has 8 heteroatoms. The van der Waals surface area contributed by atoms with Gasteiger partial charge in [0.1, 0.15) is 5.60 Å². The smallest absolute Gasteiger partial charge is 0.407 e. The van der Waals surface area contributed by atoms with Crippen LogP contribution in [0, 0.1) is 6.57 Å². The molecule has 8 nitrogen and oxygen atoms in total. The Morgan fingerprint density at radius 3 is 2.20 bits per heavy atom. The molecule has 0 saturated carbocycles. The standard InChI is InChI=1S/C22H33N5O3/c1-22(2,3)30-21(28)25-10-12-27-15-19-13-26(14-20(16-27)29-19)11-9-24-18-7-5-17(23-4)6-8-18/h5-8,19-20,24H,9-16H2,1-3H3,(H,25,28). The van der Waals surface area contributed by atoms with Crippen molar-refractivity contribution in [3.05, 3.63) is 35.7 Å². The molecule has 2 saturated heterocycles. The summed E-state index contributed by atoms with van der Waals surface area (Å²) in [5, 5.41) is 6.26. The Labute approximate surface area is 179 Å². The SMILES string of the molecule is [C-]#[N+]c1ccc(NCCN2CC3CN(CCNC(=O)OC(C)(C)C)CC(C2)O3)cc1. The fourth-order valence-electron chi connectivity index (χ4n) is 3.87. The molecular weight excluding hydrogens is 382 g/mol. The van der Waals surface area contributed by atoms with E-state index in [2.05, 4.69) is 25.3 Å². The molecule has 0 spiro atoms. The van der Waals surface area contributed by atoms with Crippen LogP contribution in [0.4, 0.5) is 16.2 Å². The maximum absolute atomic E-state index is 11.8. The first-order valence-corrected chi connectivity index (χ1v) is 10.6. The molecular formula is C22H33N5O3. The molecule has 1 amide bonds. The molecule has 2 atom stereocenters. The lowest BCUT2D eigenvalue weighted by Gasteiger charge is -2.46. The second kappa shape index (κ2) is 10.1. The first kappa shape index (κ1) is 22.3. The Morgan fingerprint density at radius 1 is 1.10 bits per heavy atom. The largest absolute Gasteiger partial charge is 0.444 e. The van der Waals surface area contributed by atoms with Gasteiger partial charge in [-0.1, -0.05) is 12.1 Å². The number of nitrogens with one attached hydrogen (secondary N) is 2. The van der Waals surface area contributed by atoms with Crippen LogP contribution in [0.15, 0.2) is 24.3 Å². The van der Waals surface area contributed by atoms with E-state index in [1.807, 2.05) is 45.0 Å². The van der Waals surface area contributed by atoms with E-state index in [1.54, 1.807) is 0 Å². The fraction of sp³-hybridized carbons (Fsp3) is 0.636. The monoisotopic (exact) mass is 415 g/mol. The minimum atomic E-state index is -0.473. The highest BCUT2D eigenvalue weighted by Crippen LogP contribution is 2.19. The van der Waals surface area contributed by atoms with Crippen molar-refractivity contribution < 1.29 is 14.3 Å². The summed E-state index contributed by atoms with van der Waals surface area (Å²) < 4.78 is 11.4. The topological polar surface area (TPSA) is 70.4 Å². The highest BCUT2D eigenvalue weighted by Gasteiger charge is 2.34. The fourth-order valence-corrected chi connectivity index (χ4v) is 3.87. The molecule has 2 aliphatic heterocycles. The van der Waals surface area contributed by atoms with Crippen LogP contribution in [0.5, 0.6) is 0 Å². The summed E-state index contributed by atoms with van der Waals surface area (Å²) in [6, 6.07) is 7.57. The number of morpholine rings is 2. The van der Waals surface area contributed by atoms with Crippen LogP contribution < -0.4 is 10.6 Å². The van der Waals surface area contributed by atoms with Crippen molar-refractivity contribution in [2.24, 2.45) is 0 Å². The zero-order valence-corrected chi connectivity index (χ0v) is 18.2. The predicted molar refractivity (Wildman–Crippen MR) is 117 cm³/mol. The molecule has 2 N–H and O–H groups in total. The normalized spacial score (nSPS) is 22.2. The predicted octanol–water partition coefficient (Wildman–Crippen LogP) is 2.56. The molecule has 2 fully saturated rings. The zero-order chi connectivity index (χ0) is 21.6. The number of amides is 1. The molecule has 30 heavy (non-hydrogen) atoms. The lowest BCUT2D eigenvalue weighted by molar-refractivity contribution is -0.137. The molecule has 2 bridgehead atoms. The number of anilines is 1. The lowest BCUT2D eigenvalue weighted by atomic mass is 10.1. The van der Waals surface area contributed by atoms with Crippen LogP contribution in [0.3, 0.4) is 0 Å². The number of nitrogens with zero attached hydrogens (tertiary/aromatic N) is 3. The number of fused-ring (bicyclic) bond motifs is 2. The van der Waals surface area contributed by atoms with Crippen LogP contribution in [-0.4, -0.2) is 86.1 Å². The third-order valence-electron chi connectivity index (χ3n) is 5.08. The number of rotatable bonds is 7. The van der Waals surface area contributed by atoms with Gasteiger partial charge >= 0.3 is 6.09 Å². The number of hydrogen-bond acceptors (Lipinski definition) is 6. The van der Waals surface area contributed by atoms with E-state index in [0.29, 0.717) is 12.2 Å². The summed E-state index contributed by atoms with van der Waals surface area (Å²) in [6.45, 7) is 19.4. The molecule has 2 unspecified atom stereocenters. The number of ether oxygens (including phenoxy) is 2.